The maximum Gasteiger partial charge on any atom is 0.242 e. The average Bonchev–Trinajstić information content (AvgIpc) is 3.11. The number of carbonyl (C=O) groups is 2. The van der Waals surface area contributed by atoms with Gasteiger partial charge in [-0.1, -0.05) is 32.9 Å². The Morgan fingerprint density at radius 2 is 1.88 bits per heavy atom. The van der Waals surface area contributed by atoms with Crippen molar-refractivity contribution in [3.8, 4) is 5.69 Å². The lowest BCUT2D eigenvalue weighted by molar-refractivity contribution is -0.135. The lowest BCUT2D eigenvalue weighted by atomic mass is 9.96. The summed E-state index contributed by atoms with van der Waals surface area (Å²) in [5.41, 5.74) is 1.39. The molecule has 2 rings (SSSR count). The highest BCUT2D eigenvalue weighted by atomic mass is 16.2. The number of amides is 2. The van der Waals surface area contributed by atoms with Crippen LogP contribution in [-0.4, -0.2) is 45.1 Å². The summed E-state index contributed by atoms with van der Waals surface area (Å²) < 4.78 is 1.67. The molecule has 1 N–H and O–H groups in total. The minimum Gasteiger partial charge on any atom is -0.347 e. The highest BCUT2D eigenvalue weighted by Gasteiger charge is 2.23. The van der Waals surface area contributed by atoms with E-state index in [-0.39, 0.29) is 24.4 Å². The summed E-state index contributed by atoms with van der Waals surface area (Å²) in [7, 11) is 1.74. The largest absolute Gasteiger partial charge is 0.347 e. The van der Waals surface area contributed by atoms with E-state index in [9.17, 15) is 9.59 Å². The topological polar surface area (TPSA) is 80.1 Å². The van der Waals surface area contributed by atoms with E-state index < -0.39 is 5.41 Å². The van der Waals surface area contributed by atoms with E-state index >= 15 is 0 Å². The average molecular weight is 343 g/mol. The van der Waals surface area contributed by atoms with E-state index in [1.165, 1.54) is 6.33 Å². The van der Waals surface area contributed by atoms with E-state index in [1.807, 2.05) is 52.0 Å². The van der Waals surface area contributed by atoms with Gasteiger partial charge in [-0.2, -0.15) is 5.10 Å². The number of carbonyl (C=O) groups excluding carboxylic acids is 2. The molecule has 0 aliphatic heterocycles. The highest BCUT2D eigenvalue weighted by Crippen LogP contribution is 2.20. The SMILES string of the molecule is CC(c1ccc(-n2cncn2)cc1)N(C)C(=O)CNC(=O)C(C)(C)C. The highest BCUT2D eigenvalue weighted by molar-refractivity contribution is 5.87. The Balaban J connectivity index is 1.98. The molecule has 2 amide bonds. The van der Waals surface area contributed by atoms with E-state index in [0.29, 0.717) is 0 Å². The minimum atomic E-state index is -0.512. The van der Waals surface area contributed by atoms with Crippen molar-refractivity contribution in [1.29, 1.82) is 0 Å². The summed E-state index contributed by atoms with van der Waals surface area (Å²) >= 11 is 0. The molecule has 7 heteroatoms. The fourth-order valence-electron chi connectivity index (χ4n) is 2.23. The second-order valence-electron chi connectivity index (χ2n) is 7.04. The summed E-state index contributed by atoms with van der Waals surface area (Å²) in [5, 5.41) is 6.77. The molecule has 0 spiro atoms. The summed E-state index contributed by atoms with van der Waals surface area (Å²) in [4.78, 5) is 29.8. The number of nitrogens with one attached hydrogen (secondary N) is 1. The van der Waals surface area contributed by atoms with Gasteiger partial charge in [0.2, 0.25) is 11.8 Å². The molecular weight excluding hydrogens is 318 g/mol. The van der Waals surface area contributed by atoms with Gasteiger partial charge in [0, 0.05) is 12.5 Å². The molecule has 1 unspecified atom stereocenters. The van der Waals surface area contributed by atoms with Crippen molar-refractivity contribution in [3.63, 3.8) is 0 Å². The van der Waals surface area contributed by atoms with Crippen LogP contribution in [0.1, 0.15) is 39.3 Å². The molecule has 25 heavy (non-hydrogen) atoms. The van der Waals surface area contributed by atoms with Gasteiger partial charge in [-0.25, -0.2) is 9.67 Å². The van der Waals surface area contributed by atoms with Crippen molar-refractivity contribution < 1.29 is 9.59 Å². The van der Waals surface area contributed by atoms with Crippen molar-refractivity contribution in [2.45, 2.75) is 33.7 Å². The number of nitrogens with zero attached hydrogens (tertiary/aromatic N) is 4. The summed E-state index contributed by atoms with van der Waals surface area (Å²) in [6.45, 7) is 7.39. The van der Waals surface area contributed by atoms with Crippen molar-refractivity contribution in [2.75, 3.05) is 13.6 Å². The van der Waals surface area contributed by atoms with Gasteiger partial charge in [0.15, 0.2) is 0 Å². The normalized spacial score (nSPS) is 12.5. The fraction of sp³-hybridized carbons (Fsp3) is 0.444. The first-order valence-corrected chi connectivity index (χ1v) is 8.19. The number of likely N-dealkylation sites (N-methyl/N-ethyl adjacent to an activating group) is 1. The number of hydrogen-bond acceptors (Lipinski definition) is 4. The van der Waals surface area contributed by atoms with E-state index in [4.69, 9.17) is 0 Å². The lowest BCUT2D eigenvalue weighted by Crippen LogP contribution is -2.42. The van der Waals surface area contributed by atoms with Crippen molar-refractivity contribution >= 4 is 11.8 Å². The zero-order valence-electron chi connectivity index (χ0n) is 15.4. The first-order valence-electron chi connectivity index (χ1n) is 8.19. The minimum absolute atomic E-state index is 0.00597. The first kappa shape index (κ1) is 18.6. The van der Waals surface area contributed by atoms with Gasteiger partial charge in [0.1, 0.15) is 12.7 Å². The molecule has 7 nitrogen and oxygen atoms in total. The summed E-state index contributed by atoms with van der Waals surface area (Å²) in [5.74, 6) is -0.274. The third-order valence-electron chi connectivity index (χ3n) is 4.11. The fourth-order valence-corrected chi connectivity index (χ4v) is 2.23. The Labute approximate surface area is 148 Å². The van der Waals surface area contributed by atoms with Gasteiger partial charge in [-0.05, 0) is 24.6 Å². The zero-order chi connectivity index (χ0) is 18.6. The van der Waals surface area contributed by atoms with Gasteiger partial charge in [-0.15, -0.1) is 0 Å². The Morgan fingerprint density at radius 3 is 2.40 bits per heavy atom. The molecule has 1 heterocycles. The van der Waals surface area contributed by atoms with Gasteiger partial charge >= 0.3 is 0 Å². The maximum absolute atomic E-state index is 12.3. The number of hydrogen-bond donors (Lipinski definition) is 1. The van der Waals surface area contributed by atoms with Crippen molar-refractivity contribution in [2.24, 2.45) is 5.41 Å². The van der Waals surface area contributed by atoms with Crippen LogP contribution in [0.3, 0.4) is 0 Å². The molecule has 1 aromatic carbocycles. The molecule has 0 fully saturated rings. The second kappa shape index (κ2) is 7.46. The van der Waals surface area contributed by atoms with Crippen LogP contribution in [0.2, 0.25) is 0 Å². The van der Waals surface area contributed by atoms with E-state index in [0.717, 1.165) is 11.3 Å². The number of rotatable bonds is 5. The third-order valence-corrected chi connectivity index (χ3v) is 4.11. The Morgan fingerprint density at radius 1 is 1.24 bits per heavy atom. The standard InChI is InChI=1S/C18H25N5O2/c1-13(22(5)16(24)10-20-17(25)18(2,3)4)14-6-8-15(9-7-14)23-12-19-11-21-23/h6-9,11-13H,10H2,1-5H3,(H,20,25). The molecule has 0 saturated heterocycles. The smallest absolute Gasteiger partial charge is 0.242 e. The second-order valence-corrected chi connectivity index (χ2v) is 7.04. The summed E-state index contributed by atoms with van der Waals surface area (Å²) in [6.07, 6.45) is 3.11. The van der Waals surface area contributed by atoms with Crippen LogP contribution in [0.15, 0.2) is 36.9 Å². The van der Waals surface area contributed by atoms with Gasteiger partial charge in [0.05, 0.1) is 18.3 Å². The van der Waals surface area contributed by atoms with Crippen molar-refractivity contribution in [3.05, 3.63) is 42.5 Å². The molecule has 0 aliphatic rings. The van der Waals surface area contributed by atoms with Crippen LogP contribution in [0, 0.1) is 5.41 Å². The molecule has 2 aromatic rings. The Kier molecular flexibility index (Phi) is 5.56. The van der Waals surface area contributed by atoms with Gasteiger partial charge in [-0.3, -0.25) is 9.59 Å². The lowest BCUT2D eigenvalue weighted by Gasteiger charge is -2.26. The van der Waals surface area contributed by atoms with Gasteiger partial charge < -0.3 is 10.2 Å². The first-order chi connectivity index (χ1) is 11.7. The van der Waals surface area contributed by atoms with Crippen LogP contribution in [0.5, 0.6) is 0 Å². The summed E-state index contributed by atoms with van der Waals surface area (Å²) in [6, 6.07) is 7.67. The predicted octanol–water partition coefficient (Wildman–Crippen LogP) is 1.95. The van der Waals surface area contributed by atoms with Crippen LogP contribution < -0.4 is 5.32 Å². The molecule has 0 aliphatic carbocycles. The van der Waals surface area contributed by atoms with E-state index in [2.05, 4.69) is 15.4 Å². The van der Waals surface area contributed by atoms with Crippen LogP contribution >= 0.6 is 0 Å². The molecule has 134 valence electrons. The maximum atomic E-state index is 12.3. The number of aromatic nitrogens is 3. The zero-order valence-corrected chi connectivity index (χ0v) is 15.4. The van der Waals surface area contributed by atoms with E-state index in [1.54, 1.807) is 23.0 Å². The molecule has 0 radical (unpaired) electrons. The van der Waals surface area contributed by atoms with Gasteiger partial charge in [0.25, 0.3) is 0 Å². The monoisotopic (exact) mass is 343 g/mol. The Bertz CT molecular complexity index is 717. The molecule has 1 aromatic heterocycles. The van der Waals surface area contributed by atoms with Crippen LogP contribution in [-0.2, 0) is 9.59 Å². The third kappa shape index (κ3) is 4.65. The van der Waals surface area contributed by atoms with Crippen molar-refractivity contribution in [1.82, 2.24) is 25.0 Å². The Hall–Kier alpha value is -2.70. The number of benzene rings is 1. The quantitative estimate of drug-likeness (QED) is 0.900. The molecular formula is C18H25N5O2. The van der Waals surface area contributed by atoms with Crippen LogP contribution in [0.25, 0.3) is 5.69 Å². The molecule has 0 bridgehead atoms. The van der Waals surface area contributed by atoms with Crippen LogP contribution in [0.4, 0.5) is 0 Å². The molecule has 0 saturated carbocycles. The molecule has 1 atom stereocenters. The predicted molar refractivity (Wildman–Crippen MR) is 95.0 cm³/mol.